The first kappa shape index (κ1) is 14.3. The maximum atomic E-state index is 3.57. The zero-order valence-corrected chi connectivity index (χ0v) is 12.8. The third-order valence-corrected chi connectivity index (χ3v) is 5.89. The van der Waals surface area contributed by atoms with Crippen molar-refractivity contribution < 1.29 is 0 Å². The van der Waals surface area contributed by atoms with E-state index in [1.165, 1.54) is 51.6 Å². The van der Waals surface area contributed by atoms with Crippen LogP contribution in [0.1, 0.15) is 59.3 Å². The summed E-state index contributed by atoms with van der Waals surface area (Å²) < 4.78 is 0. The molecule has 0 aromatic carbocycles. The molecule has 0 aromatic heterocycles. The number of hydrogen-bond donors (Lipinski definition) is 1. The van der Waals surface area contributed by atoms with E-state index < -0.39 is 0 Å². The van der Waals surface area contributed by atoms with Gasteiger partial charge in [-0.2, -0.15) is 0 Å². The molecule has 1 N–H and O–H groups in total. The van der Waals surface area contributed by atoms with Crippen LogP contribution in [0.3, 0.4) is 0 Å². The van der Waals surface area contributed by atoms with E-state index in [1.807, 2.05) is 0 Å². The summed E-state index contributed by atoms with van der Waals surface area (Å²) in [4.78, 5) is 2.81. The van der Waals surface area contributed by atoms with Crippen molar-refractivity contribution in [3.8, 4) is 0 Å². The lowest BCUT2D eigenvalue weighted by molar-refractivity contribution is 0.111. The minimum absolute atomic E-state index is 0.624. The van der Waals surface area contributed by atoms with Crippen molar-refractivity contribution in [1.29, 1.82) is 0 Å². The summed E-state index contributed by atoms with van der Waals surface area (Å²) in [6, 6.07) is 1.52. The number of hydrogen-bond acceptors (Lipinski definition) is 2. The van der Waals surface area contributed by atoms with Crippen LogP contribution < -0.4 is 5.32 Å². The Balaban J connectivity index is 2.02. The number of rotatable bonds is 4. The highest BCUT2D eigenvalue weighted by Crippen LogP contribution is 2.40. The van der Waals surface area contributed by atoms with Gasteiger partial charge in [0.05, 0.1) is 0 Å². The molecule has 0 radical (unpaired) electrons. The topological polar surface area (TPSA) is 15.3 Å². The number of nitrogens with one attached hydrogen (secondary N) is 1. The third-order valence-electron chi connectivity index (χ3n) is 5.89. The highest BCUT2D eigenvalue weighted by atomic mass is 15.2. The van der Waals surface area contributed by atoms with E-state index >= 15 is 0 Å². The first-order valence-electron chi connectivity index (χ1n) is 8.05. The maximum Gasteiger partial charge on any atom is 0.0251 e. The molecule has 1 aliphatic carbocycles. The van der Waals surface area contributed by atoms with Gasteiger partial charge in [-0.3, -0.25) is 4.90 Å². The summed E-state index contributed by atoms with van der Waals surface area (Å²) in [5.74, 6) is 0.915. The fourth-order valence-electron chi connectivity index (χ4n) is 4.17. The molecular weight excluding hydrogens is 220 g/mol. The van der Waals surface area contributed by atoms with E-state index in [0.717, 1.165) is 18.0 Å². The van der Waals surface area contributed by atoms with Crippen LogP contribution in [0.2, 0.25) is 0 Å². The Kier molecular flexibility index (Phi) is 4.71. The number of nitrogens with zero attached hydrogens (tertiary/aromatic N) is 1. The fourth-order valence-corrected chi connectivity index (χ4v) is 4.17. The van der Waals surface area contributed by atoms with Gasteiger partial charge in [-0.05, 0) is 63.5 Å². The Morgan fingerprint density at radius 3 is 2.50 bits per heavy atom. The van der Waals surface area contributed by atoms with Crippen molar-refractivity contribution in [2.75, 3.05) is 20.1 Å². The Bertz CT molecular complexity index is 260. The van der Waals surface area contributed by atoms with Crippen molar-refractivity contribution in [2.45, 2.75) is 71.4 Å². The molecule has 2 rings (SSSR count). The molecule has 2 aliphatic rings. The average Bonchev–Trinajstić information content (AvgIpc) is 2.83. The quantitative estimate of drug-likeness (QED) is 0.826. The van der Waals surface area contributed by atoms with Crippen LogP contribution in [0.25, 0.3) is 0 Å². The van der Waals surface area contributed by atoms with Crippen LogP contribution in [0.5, 0.6) is 0 Å². The molecule has 2 nitrogen and oxygen atoms in total. The molecule has 106 valence electrons. The summed E-state index contributed by atoms with van der Waals surface area (Å²) in [5, 5.41) is 3.57. The maximum absolute atomic E-state index is 3.57. The molecule has 3 atom stereocenters. The zero-order chi connectivity index (χ0) is 13.2. The molecular formula is C16H32N2. The average molecular weight is 252 g/mol. The fraction of sp³-hybridized carbons (Fsp3) is 1.00. The number of likely N-dealkylation sites (N-methyl/N-ethyl adjacent to an activating group) is 1. The Labute approximate surface area is 114 Å². The molecule has 1 aliphatic heterocycles. The van der Waals surface area contributed by atoms with Crippen LogP contribution in [-0.4, -0.2) is 37.1 Å². The first-order chi connectivity index (χ1) is 8.64. The lowest BCUT2D eigenvalue weighted by atomic mass is 9.80. The molecule has 2 fully saturated rings. The lowest BCUT2D eigenvalue weighted by Crippen LogP contribution is -2.51. The van der Waals surface area contributed by atoms with Gasteiger partial charge in [0, 0.05) is 18.6 Å². The third kappa shape index (κ3) is 2.75. The van der Waals surface area contributed by atoms with Crippen molar-refractivity contribution in [1.82, 2.24) is 10.2 Å². The van der Waals surface area contributed by atoms with E-state index in [2.05, 4.69) is 38.0 Å². The summed E-state index contributed by atoms with van der Waals surface area (Å²) >= 11 is 0. The summed E-state index contributed by atoms with van der Waals surface area (Å²) in [7, 11) is 2.15. The monoisotopic (exact) mass is 252 g/mol. The molecule has 3 unspecified atom stereocenters. The molecule has 0 spiro atoms. The standard InChI is InChI=1S/C16H32N2/c1-5-16(6-2)9-10-18(12-16)15-11-13(3)7-8-14(15)17-4/h13-15,17H,5-12H2,1-4H3. The van der Waals surface area contributed by atoms with Gasteiger partial charge in [0.1, 0.15) is 0 Å². The van der Waals surface area contributed by atoms with E-state index in [4.69, 9.17) is 0 Å². The highest BCUT2D eigenvalue weighted by Gasteiger charge is 2.41. The normalized spacial score (nSPS) is 37.0. The smallest absolute Gasteiger partial charge is 0.0251 e. The lowest BCUT2D eigenvalue weighted by Gasteiger charge is -2.41. The molecule has 0 amide bonds. The molecule has 0 bridgehead atoms. The van der Waals surface area contributed by atoms with Gasteiger partial charge in [0.25, 0.3) is 0 Å². The van der Waals surface area contributed by atoms with Crippen molar-refractivity contribution in [3.63, 3.8) is 0 Å². The summed E-state index contributed by atoms with van der Waals surface area (Å²) in [5.41, 5.74) is 0.624. The van der Waals surface area contributed by atoms with E-state index in [-0.39, 0.29) is 0 Å². The van der Waals surface area contributed by atoms with E-state index in [9.17, 15) is 0 Å². The molecule has 2 heteroatoms. The molecule has 1 saturated carbocycles. The zero-order valence-electron chi connectivity index (χ0n) is 12.8. The predicted molar refractivity (Wildman–Crippen MR) is 78.9 cm³/mol. The predicted octanol–water partition coefficient (Wildman–Crippen LogP) is 3.28. The van der Waals surface area contributed by atoms with Gasteiger partial charge in [-0.25, -0.2) is 0 Å². The minimum Gasteiger partial charge on any atom is -0.315 e. The van der Waals surface area contributed by atoms with Crippen molar-refractivity contribution >= 4 is 0 Å². The SMILES string of the molecule is CCC1(CC)CCN(C2CC(C)CCC2NC)C1. The van der Waals surface area contributed by atoms with Crippen LogP contribution >= 0.6 is 0 Å². The van der Waals surface area contributed by atoms with Crippen molar-refractivity contribution in [2.24, 2.45) is 11.3 Å². The Morgan fingerprint density at radius 2 is 1.94 bits per heavy atom. The first-order valence-corrected chi connectivity index (χ1v) is 8.05. The van der Waals surface area contributed by atoms with Gasteiger partial charge in [0.15, 0.2) is 0 Å². The van der Waals surface area contributed by atoms with E-state index in [1.54, 1.807) is 0 Å². The van der Waals surface area contributed by atoms with Gasteiger partial charge >= 0.3 is 0 Å². The molecule has 1 heterocycles. The van der Waals surface area contributed by atoms with E-state index in [0.29, 0.717) is 5.41 Å². The van der Waals surface area contributed by atoms with Gasteiger partial charge in [0.2, 0.25) is 0 Å². The Morgan fingerprint density at radius 1 is 1.22 bits per heavy atom. The molecule has 0 aromatic rings. The largest absolute Gasteiger partial charge is 0.315 e. The van der Waals surface area contributed by atoms with Crippen LogP contribution in [0, 0.1) is 11.3 Å². The highest BCUT2D eigenvalue weighted by molar-refractivity contribution is 4.96. The second-order valence-electron chi connectivity index (χ2n) is 6.81. The van der Waals surface area contributed by atoms with Gasteiger partial charge in [-0.15, -0.1) is 0 Å². The van der Waals surface area contributed by atoms with Crippen LogP contribution in [0.15, 0.2) is 0 Å². The summed E-state index contributed by atoms with van der Waals surface area (Å²) in [6.45, 7) is 9.87. The van der Waals surface area contributed by atoms with Crippen LogP contribution in [0.4, 0.5) is 0 Å². The molecule has 1 saturated heterocycles. The second-order valence-corrected chi connectivity index (χ2v) is 6.81. The Hall–Kier alpha value is -0.0800. The van der Waals surface area contributed by atoms with Gasteiger partial charge in [-0.1, -0.05) is 20.8 Å². The summed E-state index contributed by atoms with van der Waals surface area (Å²) in [6.07, 6.45) is 8.29. The van der Waals surface area contributed by atoms with Gasteiger partial charge < -0.3 is 5.32 Å². The minimum atomic E-state index is 0.624. The van der Waals surface area contributed by atoms with Crippen LogP contribution in [-0.2, 0) is 0 Å². The van der Waals surface area contributed by atoms with Crippen molar-refractivity contribution in [3.05, 3.63) is 0 Å². The molecule has 18 heavy (non-hydrogen) atoms. The number of likely N-dealkylation sites (tertiary alicyclic amines) is 1. The second kappa shape index (κ2) is 5.92.